The van der Waals surface area contributed by atoms with Crippen LogP contribution < -0.4 is 0 Å². The van der Waals surface area contributed by atoms with Crippen LogP contribution in [-0.4, -0.2) is 15.6 Å². The summed E-state index contributed by atoms with van der Waals surface area (Å²) in [6, 6.07) is 0. The Morgan fingerprint density at radius 2 is 1.36 bits per heavy atom. The SMILES string of the molecule is CCCSC1(SCCC)CCCCC1. The predicted octanol–water partition coefficient (Wildman–Crippen LogP) is 4.93. The van der Waals surface area contributed by atoms with Crippen molar-refractivity contribution in [3.63, 3.8) is 0 Å². The van der Waals surface area contributed by atoms with E-state index < -0.39 is 0 Å². The van der Waals surface area contributed by atoms with Gasteiger partial charge in [-0.05, 0) is 37.2 Å². The summed E-state index contributed by atoms with van der Waals surface area (Å²) in [5.74, 6) is 2.72. The average molecular weight is 232 g/mol. The third-order valence-electron chi connectivity index (χ3n) is 2.75. The molecule has 1 aliphatic carbocycles. The van der Waals surface area contributed by atoms with Crippen molar-refractivity contribution in [2.75, 3.05) is 11.5 Å². The zero-order valence-electron chi connectivity index (χ0n) is 9.68. The predicted molar refractivity (Wildman–Crippen MR) is 71.3 cm³/mol. The summed E-state index contributed by atoms with van der Waals surface area (Å²) in [5.41, 5.74) is 0. The largest absolute Gasteiger partial charge is 0.144 e. The van der Waals surface area contributed by atoms with E-state index in [4.69, 9.17) is 0 Å². The Hall–Kier alpha value is 0.700. The third-order valence-corrected chi connectivity index (χ3v) is 6.55. The van der Waals surface area contributed by atoms with Crippen molar-refractivity contribution in [2.24, 2.45) is 0 Å². The molecule has 0 unspecified atom stereocenters. The Morgan fingerprint density at radius 1 is 0.857 bits per heavy atom. The van der Waals surface area contributed by atoms with Crippen molar-refractivity contribution in [1.29, 1.82) is 0 Å². The first-order valence-electron chi connectivity index (χ1n) is 6.11. The van der Waals surface area contributed by atoms with Gasteiger partial charge in [0.2, 0.25) is 0 Å². The van der Waals surface area contributed by atoms with Gasteiger partial charge in [0.25, 0.3) is 0 Å². The van der Waals surface area contributed by atoms with Gasteiger partial charge in [-0.25, -0.2) is 0 Å². The van der Waals surface area contributed by atoms with Crippen LogP contribution >= 0.6 is 23.5 Å². The molecule has 84 valence electrons. The molecule has 0 aromatic heterocycles. The van der Waals surface area contributed by atoms with E-state index in [9.17, 15) is 0 Å². The Bertz CT molecular complexity index is 129. The van der Waals surface area contributed by atoms with Gasteiger partial charge in [-0.15, -0.1) is 23.5 Å². The molecular formula is C12H24S2. The fourth-order valence-corrected chi connectivity index (χ4v) is 5.14. The van der Waals surface area contributed by atoms with Crippen LogP contribution in [-0.2, 0) is 0 Å². The standard InChI is InChI=1S/C12H24S2/c1-3-10-13-12(14-11-4-2)8-6-5-7-9-12/h3-11H2,1-2H3. The normalized spacial score (nSPS) is 21.0. The van der Waals surface area contributed by atoms with Gasteiger partial charge in [-0.1, -0.05) is 33.1 Å². The maximum absolute atomic E-state index is 2.30. The summed E-state index contributed by atoms with van der Waals surface area (Å²) in [6.45, 7) is 4.60. The van der Waals surface area contributed by atoms with Gasteiger partial charge in [0, 0.05) is 0 Å². The summed E-state index contributed by atoms with van der Waals surface area (Å²) in [4.78, 5) is 0. The van der Waals surface area contributed by atoms with Crippen LogP contribution in [0.25, 0.3) is 0 Å². The Morgan fingerprint density at radius 3 is 1.79 bits per heavy atom. The lowest BCUT2D eigenvalue weighted by molar-refractivity contribution is 0.490. The monoisotopic (exact) mass is 232 g/mol. The van der Waals surface area contributed by atoms with Crippen molar-refractivity contribution in [2.45, 2.75) is 62.9 Å². The first-order valence-corrected chi connectivity index (χ1v) is 8.08. The fraction of sp³-hybridized carbons (Fsp3) is 1.00. The minimum absolute atomic E-state index is 0.615. The molecule has 1 fully saturated rings. The zero-order chi connectivity index (χ0) is 10.3. The molecule has 0 aromatic carbocycles. The minimum atomic E-state index is 0.615. The summed E-state index contributed by atoms with van der Waals surface area (Å²) in [7, 11) is 0. The third kappa shape index (κ3) is 4.06. The lowest BCUT2D eigenvalue weighted by Crippen LogP contribution is -2.24. The molecular weight excluding hydrogens is 208 g/mol. The van der Waals surface area contributed by atoms with E-state index in [1.165, 1.54) is 56.5 Å². The lowest BCUT2D eigenvalue weighted by atomic mass is 10.00. The molecule has 14 heavy (non-hydrogen) atoms. The van der Waals surface area contributed by atoms with Gasteiger partial charge >= 0.3 is 0 Å². The molecule has 0 heterocycles. The number of thioether (sulfide) groups is 2. The van der Waals surface area contributed by atoms with Crippen molar-refractivity contribution in [3.8, 4) is 0 Å². The molecule has 0 spiro atoms. The van der Waals surface area contributed by atoms with Crippen LogP contribution in [0.4, 0.5) is 0 Å². The molecule has 0 N–H and O–H groups in total. The topological polar surface area (TPSA) is 0 Å². The molecule has 2 heteroatoms. The lowest BCUT2D eigenvalue weighted by Gasteiger charge is -2.36. The highest BCUT2D eigenvalue weighted by molar-refractivity contribution is 8.18. The smallest absolute Gasteiger partial charge is 0.0611 e. The molecule has 1 rings (SSSR count). The molecule has 0 radical (unpaired) electrons. The molecule has 0 bridgehead atoms. The van der Waals surface area contributed by atoms with Crippen molar-refractivity contribution >= 4 is 23.5 Å². The van der Waals surface area contributed by atoms with E-state index in [-0.39, 0.29) is 0 Å². The molecule has 1 saturated carbocycles. The molecule has 0 aliphatic heterocycles. The van der Waals surface area contributed by atoms with E-state index in [1.807, 2.05) is 0 Å². The van der Waals surface area contributed by atoms with E-state index in [0.29, 0.717) is 4.08 Å². The first kappa shape index (κ1) is 12.8. The molecule has 0 atom stereocenters. The quantitative estimate of drug-likeness (QED) is 0.595. The van der Waals surface area contributed by atoms with Crippen LogP contribution in [0.1, 0.15) is 58.8 Å². The molecule has 1 aliphatic rings. The van der Waals surface area contributed by atoms with Gasteiger partial charge in [0.15, 0.2) is 0 Å². The van der Waals surface area contributed by atoms with Crippen LogP contribution in [0.15, 0.2) is 0 Å². The first-order chi connectivity index (χ1) is 6.83. The maximum Gasteiger partial charge on any atom is 0.0611 e. The Kier molecular flexibility index (Phi) is 6.43. The summed E-state index contributed by atoms with van der Waals surface area (Å²) in [6.07, 6.45) is 9.99. The molecule has 0 amide bonds. The van der Waals surface area contributed by atoms with Gasteiger partial charge in [0.05, 0.1) is 4.08 Å². The second kappa shape index (κ2) is 7.05. The summed E-state index contributed by atoms with van der Waals surface area (Å²) < 4.78 is 0.615. The van der Waals surface area contributed by atoms with Crippen molar-refractivity contribution < 1.29 is 0 Å². The van der Waals surface area contributed by atoms with Crippen LogP contribution in [0.2, 0.25) is 0 Å². The van der Waals surface area contributed by atoms with E-state index >= 15 is 0 Å². The van der Waals surface area contributed by atoms with Gasteiger partial charge < -0.3 is 0 Å². The van der Waals surface area contributed by atoms with E-state index in [2.05, 4.69) is 37.4 Å². The van der Waals surface area contributed by atoms with Crippen LogP contribution in [0.3, 0.4) is 0 Å². The molecule has 0 aromatic rings. The highest BCUT2D eigenvalue weighted by Gasteiger charge is 2.32. The van der Waals surface area contributed by atoms with Crippen LogP contribution in [0.5, 0.6) is 0 Å². The maximum atomic E-state index is 2.30. The summed E-state index contributed by atoms with van der Waals surface area (Å²) in [5, 5.41) is 0. The average Bonchev–Trinajstić information content (AvgIpc) is 2.25. The van der Waals surface area contributed by atoms with Crippen LogP contribution in [0, 0.1) is 0 Å². The van der Waals surface area contributed by atoms with E-state index in [1.54, 1.807) is 0 Å². The van der Waals surface area contributed by atoms with Gasteiger partial charge in [-0.2, -0.15) is 0 Å². The van der Waals surface area contributed by atoms with E-state index in [0.717, 1.165) is 0 Å². The Balaban J connectivity index is 2.39. The Labute approximate surface area is 98.0 Å². The molecule has 0 nitrogen and oxygen atoms in total. The minimum Gasteiger partial charge on any atom is -0.144 e. The highest BCUT2D eigenvalue weighted by atomic mass is 32.2. The summed E-state index contributed by atoms with van der Waals surface area (Å²) >= 11 is 4.50. The second-order valence-corrected chi connectivity index (χ2v) is 7.38. The number of rotatable bonds is 6. The van der Waals surface area contributed by atoms with Gasteiger partial charge in [-0.3, -0.25) is 0 Å². The second-order valence-electron chi connectivity index (χ2n) is 4.17. The fourth-order valence-electron chi connectivity index (χ4n) is 2.00. The van der Waals surface area contributed by atoms with Crippen molar-refractivity contribution in [1.82, 2.24) is 0 Å². The molecule has 0 saturated heterocycles. The van der Waals surface area contributed by atoms with Crippen molar-refractivity contribution in [3.05, 3.63) is 0 Å². The zero-order valence-corrected chi connectivity index (χ0v) is 11.3. The number of hydrogen-bond acceptors (Lipinski definition) is 2. The number of hydrogen-bond donors (Lipinski definition) is 0. The van der Waals surface area contributed by atoms with Gasteiger partial charge in [0.1, 0.15) is 0 Å². The highest BCUT2D eigenvalue weighted by Crippen LogP contribution is 2.48.